The highest BCUT2D eigenvalue weighted by molar-refractivity contribution is 7.80. The van der Waals surface area contributed by atoms with Crippen molar-refractivity contribution >= 4 is 12.6 Å². The first-order chi connectivity index (χ1) is 4.16. The minimum absolute atomic E-state index is 0.773. The first-order valence-electron chi connectivity index (χ1n) is 3.46. The summed E-state index contributed by atoms with van der Waals surface area (Å²) >= 11 is 4.14. The van der Waals surface area contributed by atoms with Crippen molar-refractivity contribution in [3.8, 4) is 0 Å². The standard InChI is InChI=1S/C7H17NS/c1-7(2)6-8(3)4-5-9/h7,9H,4-6H2,1-3H3. The zero-order valence-electron chi connectivity index (χ0n) is 6.59. The van der Waals surface area contributed by atoms with Crippen LogP contribution in [0.15, 0.2) is 0 Å². The van der Waals surface area contributed by atoms with Gasteiger partial charge in [0.25, 0.3) is 0 Å². The number of thiol groups is 1. The predicted octanol–water partition coefficient (Wildman–Crippen LogP) is 1.50. The SMILES string of the molecule is CC(C)CN(C)CCS. The molecule has 0 aromatic carbocycles. The molecule has 0 saturated carbocycles. The highest BCUT2D eigenvalue weighted by atomic mass is 32.1. The van der Waals surface area contributed by atoms with Crippen molar-refractivity contribution in [3.63, 3.8) is 0 Å². The third-order valence-corrected chi connectivity index (χ3v) is 1.36. The van der Waals surface area contributed by atoms with Gasteiger partial charge in [-0.2, -0.15) is 12.6 Å². The molecule has 0 aliphatic carbocycles. The largest absolute Gasteiger partial charge is 0.305 e. The van der Waals surface area contributed by atoms with Gasteiger partial charge in [-0.15, -0.1) is 0 Å². The van der Waals surface area contributed by atoms with Crippen LogP contribution in [0.1, 0.15) is 13.8 Å². The van der Waals surface area contributed by atoms with Gasteiger partial charge in [0.05, 0.1) is 0 Å². The molecule has 0 aliphatic rings. The van der Waals surface area contributed by atoms with E-state index < -0.39 is 0 Å². The molecule has 0 rings (SSSR count). The van der Waals surface area contributed by atoms with Gasteiger partial charge in [0.1, 0.15) is 0 Å². The maximum atomic E-state index is 4.14. The van der Waals surface area contributed by atoms with Crippen LogP contribution in [0.5, 0.6) is 0 Å². The molecule has 0 amide bonds. The fourth-order valence-electron chi connectivity index (χ4n) is 0.885. The molecule has 0 atom stereocenters. The molecule has 1 nitrogen and oxygen atoms in total. The zero-order valence-corrected chi connectivity index (χ0v) is 7.49. The van der Waals surface area contributed by atoms with Crippen molar-refractivity contribution in [3.05, 3.63) is 0 Å². The fraction of sp³-hybridized carbons (Fsp3) is 1.00. The second-order valence-electron chi connectivity index (χ2n) is 2.88. The highest BCUT2D eigenvalue weighted by Gasteiger charge is 1.98. The Morgan fingerprint density at radius 1 is 1.44 bits per heavy atom. The summed E-state index contributed by atoms with van der Waals surface area (Å²) in [5.41, 5.74) is 0. The van der Waals surface area contributed by atoms with Gasteiger partial charge < -0.3 is 4.90 Å². The molecule has 0 radical (unpaired) electrons. The number of hydrogen-bond donors (Lipinski definition) is 1. The Hall–Kier alpha value is 0.310. The van der Waals surface area contributed by atoms with Gasteiger partial charge in [0, 0.05) is 18.8 Å². The summed E-state index contributed by atoms with van der Waals surface area (Å²) in [5.74, 6) is 1.73. The van der Waals surface area contributed by atoms with Gasteiger partial charge in [0.2, 0.25) is 0 Å². The molecule has 0 saturated heterocycles. The average molecular weight is 147 g/mol. The average Bonchev–Trinajstić information content (AvgIpc) is 1.63. The second kappa shape index (κ2) is 5.12. The zero-order chi connectivity index (χ0) is 7.28. The van der Waals surface area contributed by atoms with Gasteiger partial charge in [-0.05, 0) is 13.0 Å². The molecular weight excluding hydrogens is 130 g/mol. The molecule has 2 heteroatoms. The molecule has 56 valence electrons. The third-order valence-electron chi connectivity index (χ3n) is 1.16. The van der Waals surface area contributed by atoms with Crippen molar-refractivity contribution < 1.29 is 0 Å². The molecule has 9 heavy (non-hydrogen) atoms. The smallest absolute Gasteiger partial charge is 0.00669 e. The van der Waals surface area contributed by atoms with Crippen molar-refractivity contribution in [2.75, 3.05) is 25.9 Å². The van der Waals surface area contributed by atoms with Gasteiger partial charge in [-0.25, -0.2) is 0 Å². The molecule has 0 bridgehead atoms. The van der Waals surface area contributed by atoms with Gasteiger partial charge in [-0.3, -0.25) is 0 Å². The summed E-state index contributed by atoms with van der Waals surface area (Å²) in [6.07, 6.45) is 0. The maximum absolute atomic E-state index is 4.14. The Labute approximate surface area is 63.8 Å². The van der Waals surface area contributed by atoms with Crippen LogP contribution in [0.3, 0.4) is 0 Å². The Kier molecular flexibility index (Phi) is 5.30. The monoisotopic (exact) mass is 147 g/mol. The summed E-state index contributed by atoms with van der Waals surface area (Å²) in [5, 5.41) is 0. The lowest BCUT2D eigenvalue weighted by molar-refractivity contribution is 0.313. The van der Waals surface area contributed by atoms with E-state index in [2.05, 4.69) is 38.4 Å². The van der Waals surface area contributed by atoms with E-state index in [1.54, 1.807) is 0 Å². The van der Waals surface area contributed by atoms with Gasteiger partial charge >= 0.3 is 0 Å². The molecule has 0 aromatic heterocycles. The summed E-state index contributed by atoms with van der Waals surface area (Å²) < 4.78 is 0. The molecule has 0 aromatic rings. The molecule has 0 fully saturated rings. The Morgan fingerprint density at radius 3 is 2.33 bits per heavy atom. The van der Waals surface area contributed by atoms with E-state index in [-0.39, 0.29) is 0 Å². The van der Waals surface area contributed by atoms with Gasteiger partial charge in [0.15, 0.2) is 0 Å². The lowest BCUT2D eigenvalue weighted by Crippen LogP contribution is -2.25. The molecular formula is C7H17NS. The van der Waals surface area contributed by atoms with Crippen LogP contribution in [-0.4, -0.2) is 30.8 Å². The number of hydrogen-bond acceptors (Lipinski definition) is 2. The Balaban J connectivity index is 3.15. The summed E-state index contributed by atoms with van der Waals surface area (Å²) in [4.78, 5) is 2.30. The van der Waals surface area contributed by atoms with Crippen LogP contribution in [0.4, 0.5) is 0 Å². The summed E-state index contributed by atoms with van der Waals surface area (Å²) in [7, 11) is 2.14. The minimum Gasteiger partial charge on any atom is -0.305 e. The molecule has 0 spiro atoms. The van der Waals surface area contributed by atoms with E-state index in [0.717, 1.165) is 18.2 Å². The van der Waals surface area contributed by atoms with Crippen LogP contribution < -0.4 is 0 Å². The maximum Gasteiger partial charge on any atom is 0.00669 e. The second-order valence-corrected chi connectivity index (χ2v) is 3.33. The summed E-state index contributed by atoms with van der Waals surface area (Å²) in [6, 6.07) is 0. The lowest BCUT2D eigenvalue weighted by atomic mass is 10.2. The molecule has 0 heterocycles. The quantitative estimate of drug-likeness (QED) is 0.590. The minimum atomic E-state index is 0.773. The van der Waals surface area contributed by atoms with E-state index in [1.165, 1.54) is 6.54 Å². The summed E-state index contributed by atoms with van der Waals surface area (Å²) in [6.45, 7) is 6.74. The van der Waals surface area contributed by atoms with Crippen LogP contribution in [0.2, 0.25) is 0 Å². The molecule has 0 unspecified atom stereocenters. The van der Waals surface area contributed by atoms with Crippen LogP contribution in [0, 0.1) is 5.92 Å². The predicted molar refractivity (Wildman–Crippen MR) is 46.2 cm³/mol. The van der Waals surface area contributed by atoms with E-state index in [9.17, 15) is 0 Å². The van der Waals surface area contributed by atoms with Crippen LogP contribution >= 0.6 is 12.6 Å². The first kappa shape index (κ1) is 9.31. The highest BCUT2D eigenvalue weighted by Crippen LogP contribution is 1.94. The van der Waals surface area contributed by atoms with E-state index in [1.807, 2.05) is 0 Å². The van der Waals surface area contributed by atoms with Crippen LogP contribution in [-0.2, 0) is 0 Å². The fourth-order valence-corrected chi connectivity index (χ4v) is 1.23. The third kappa shape index (κ3) is 6.19. The van der Waals surface area contributed by atoms with Crippen LogP contribution in [0.25, 0.3) is 0 Å². The first-order valence-corrected chi connectivity index (χ1v) is 4.09. The Morgan fingerprint density at radius 2 is 2.00 bits per heavy atom. The number of rotatable bonds is 4. The number of nitrogens with zero attached hydrogens (tertiary/aromatic N) is 1. The van der Waals surface area contributed by atoms with Crippen molar-refractivity contribution in [1.29, 1.82) is 0 Å². The van der Waals surface area contributed by atoms with E-state index in [4.69, 9.17) is 0 Å². The van der Waals surface area contributed by atoms with E-state index in [0.29, 0.717) is 0 Å². The lowest BCUT2D eigenvalue weighted by Gasteiger charge is -2.16. The van der Waals surface area contributed by atoms with Crippen molar-refractivity contribution in [2.45, 2.75) is 13.8 Å². The topological polar surface area (TPSA) is 3.24 Å². The Bertz CT molecular complexity index is 63.9. The van der Waals surface area contributed by atoms with Crippen molar-refractivity contribution in [2.24, 2.45) is 5.92 Å². The normalized spacial score (nSPS) is 11.3. The molecule has 0 N–H and O–H groups in total. The van der Waals surface area contributed by atoms with Crippen molar-refractivity contribution in [1.82, 2.24) is 4.90 Å². The molecule has 0 aliphatic heterocycles. The van der Waals surface area contributed by atoms with E-state index >= 15 is 0 Å². The van der Waals surface area contributed by atoms with Gasteiger partial charge in [-0.1, -0.05) is 13.8 Å².